The lowest BCUT2D eigenvalue weighted by molar-refractivity contribution is -0.130. The number of hydrogen-bond donors (Lipinski definition) is 0. The SMILES string of the molecule is CC1(C)C[C@]2(C=C(C#N)C1=O)CCN(C(=O)CCc1c(F)cccc1Cl)C2. The molecule has 1 heterocycles. The molecule has 0 saturated carbocycles. The molecule has 1 spiro atoms. The summed E-state index contributed by atoms with van der Waals surface area (Å²) in [5.74, 6) is -0.593. The Morgan fingerprint density at radius 1 is 1.41 bits per heavy atom. The van der Waals surface area contributed by atoms with Gasteiger partial charge < -0.3 is 4.90 Å². The van der Waals surface area contributed by atoms with Crippen LogP contribution in [0, 0.1) is 28.0 Å². The zero-order valence-corrected chi connectivity index (χ0v) is 16.3. The van der Waals surface area contributed by atoms with E-state index in [1.165, 1.54) is 6.07 Å². The van der Waals surface area contributed by atoms with Gasteiger partial charge in [-0.05, 0) is 31.4 Å². The van der Waals surface area contributed by atoms with Crippen LogP contribution in [0.5, 0.6) is 0 Å². The third kappa shape index (κ3) is 3.77. The van der Waals surface area contributed by atoms with Crippen LogP contribution in [0.1, 0.15) is 38.7 Å². The number of carbonyl (C=O) groups excluding carboxylic acids is 2. The first-order chi connectivity index (χ1) is 12.7. The normalized spacial score (nSPS) is 24.0. The molecule has 6 heteroatoms. The first kappa shape index (κ1) is 19.6. The van der Waals surface area contributed by atoms with E-state index in [9.17, 15) is 19.2 Å². The van der Waals surface area contributed by atoms with Gasteiger partial charge in [-0.1, -0.05) is 37.6 Å². The summed E-state index contributed by atoms with van der Waals surface area (Å²) in [4.78, 5) is 26.7. The second kappa shape index (κ2) is 7.09. The van der Waals surface area contributed by atoms with Gasteiger partial charge in [-0.2, -0.15) is 5.26 Å². The van der Waals surface area contributed by atoms with Crippen LogP contribution >= 0.6 is 11.6 Å². The summed E-state index contributed by atoms with van der Waals surface area (Å²) < 4.78 is 13.9. The molecule has 0 radical (unpaired) electrons. The maximum atomic E-state index is 13.9. The number of Topliss-reactive ketones (excluding diaryl/α,β-unsaturated/α-hetero) is 1. The van der Waals surface area contributed by atoms with Crippen LogP contribution in [0.2, 0.25) is 5.02 Å². The quantitative estimate of drug-likeness (QED) is 0.783. The lowest BCUT2D eigenvalue weighted by atomic mass is 9.64. The standard InChI is InChI=1S/C21H22ClFN2O2/c1-20(2)12-21(10-14(11-24)19(20)27)8-9-25(13-21)18(26)7-6-15-16(22)4-3-5-17(15)23/h3-5,10H,6-9,12-13H2,1-2H3/t21-/m1/s1. The maximum absolute atomic E-state index is 13.9. The minimum absolute atomic E-state index is 0.0622. The Morgan fingerprint density at radius 3 is 2.81 bits per heavy atom. The fourth-order valence-corrected chi connectivity index (χ4v) is 4.62. The van der Waals surface area contributed by atoms with Gasteiger partial charge in [0.15, 0.2) is 5.78 Å². The van der Waals surface area contributed by atoms with Gasteiger partial charge in [0.05, 0.1) is 5.57 Å². The smallest absolute Gasteiger partial charge is 0.222 e. The molecule has 1 amide bonds. The highest BCUT2D eigenvalue weighted by Gasteiger charge is 2.48. The van der Waals surface area contributed by atoms with Crippen molar-refractivity contribution in [3.8, 4) is 6.07 Å². The number of ketones is 1. The van der Waals surface area contributed by atoms with E-state index >= 15 is 0 Å². The van der Waals surface area contributed by atoms with Gasteiger partial charge in [0, 0.05) is 40.9 Å². The Hall–Kier alpha value is -2.19. The van der Waals surface area contributed by atoms with Gasteiger partial charge in [-0.3, -0.25) is 9.59 Å². The van der Waals surface area contributed by atoms with Crippen LogP contribution < -0.4 is 0 Å². The van der Waals surface area contributed by atoms with Gasteiger partial charge in [-0.25, -0.2) is 4.39 Å². The molecule has 0 unspecified atom stereocenters. The number of nitriles is 1. The first-order valence-corrected chi connectivity index (χ1v) is 9.44. The number of amides is 1. The molecule has 142 valence electrons. The molecular weight excluding hydrogens is 367 g/mol. The largest absolute Gasteiger partial charge is 0.342 e. The highest BCUT2D eigenvalue weighted by atomic mass is 35.5. The van der Waals surface area contributed by atoms with Crippen molar-refractivity contribution < 1.29 is 14.0 Å². The molecule has 1 aromatic rings. The first-order valence-electron chi connectivity index (χ1n) is 9.06. The van der Waals surface area contributed by atoms with Crippen LogP contribution in [-0.2, 0) is 16.0 Å². The third-order valence-corrected chi connectivity index (χ3v) is 5.97. The lowest BCUT2D eigenvalue weighted by Crippen LogP contribution is -2.40. The molecule has 27 heavy (non-hydrogen) atoms. The maximum Gasteiger partial charge on any atom is 0.222 e. The molecule has 1 aromatic carbocycles. The predicted octanol–water partition coefficient (Wildman–Crippen LogP) is 4.08. The third-order valence-electron chi connectivity index (χ3n) is 5.61. The molecule has 1 fully saturated rings. The Bertz CT molecular complexity index is 851. The highest BCUT2D eigenvalue weighted by Crippen LogP contribution is 2.48. The predicted molar refractivity (Wildman–Crippen MR) is 100 cm³/mol. The van der Waals surface area contributed by atoms with Crippen LogP contribution in [-0.4, -0.2) is 29.7 Å². The fraction of sp³-hybridized carbons (Fsp3) is 0.476. The number of benzene rings is 1. The number of halogens is 2. The summed E-state index contributed by atoms with van der Waals surface area (Å²) in [7, 11) is 0. The topological polar surface area (TPSA) is 61.2 Å². The highest BCUT2D eigenvalue weighted by molar-refractivity contribution is 6.31. The number of allylic oxidation sites excluding steroid dienone is 1. The minimum Gasteiger partial charge on any atom is -0.342 e. The van der Waals surface area contributed by atoms with E-state index in [1.54, 1.807) is 23.1 Å². The summed E-state index contributed by atoms with van der Waals surface area (Å²) in [6.45, 7) is 4.76. The average Bonchev–Trinajstić information content (AvgIpc) is 3.00. The van der Waals surface area contributed by atoms with E-state index in [1.807, 2.05) is 19.9 Å². The summed E-state index contributed by atoms with van der Waals surface area (Å²) in [6, 6.07) is 6.51. The molecule has 1 atom stereocenters. The van der Waals surface area contributed by atoms with Gasteiger partial charge in [-0.15, -0.1) is 0 Å². The second-order valence-corrected chi connectivity index (χ2v) is 8.59. The van der Waals surface area contributed by atoms with Crippen molar-refractivity contribution in [2.24, 2.45) is 10.8 Å². The van der Waals surface area contributed by atoms with Gasteiger partial charge in [0.2, 0.25) is 5.91 Å². The van der Waals surface area contributed by atoms with Crippen molar-refractivity contribution in [2.45, 2.75) is 39.5 Å². The molecular formula is C21H22ClFN2O2. The Morgan fingerprint density at radius 2 is 2.15 bits per heavy atom. The zero-order valence-electron chi connectivity index (χ0n) is 15.5. The van der Waals surface area contributed by atoms with Crippen molar-refractivity contribution in [1.82, 2.24) is 4.90 Å². The molecule has 1 aliphatic heterocycles. The molecule has 1 saturated heterocycles. The summed E-state index contributed by atoms with van der Waals surface area (Å²) in [6.07, 6.45) is 3.53. The van der Waals surface area contributed by atoms with Gasteiger partial charge in [0.1, 0.15) is 11.9 Å². The lowest BCUT2D eigenvalue weighted by Gasteiger charge is -2.38. The molecule has 4 nitrogen and oxygen atoms in total. The molecule has 2 aliphatic rings. The molecule has 0 aromatic heterocycles. The van der Waals surface area contributed by atoms with Crippen LogP contribution in [0.3, 0.4) is 0 Å². The summed E-state index contributed by atoms with van der Waals surface area (Å²) >= 11 is 6.03. The number of rotatable bonds is 3. The van der Waals surface area contributed by atoms with Crippen LogP contribution in [0.4, 0.5) is 4.39 Å². The van der Waals surface area contributed by atoms with Crippen LogP contribution in [0.15, 0.2) is 29.8 Å². The summed E-state index contributed by atoms with van der Waals surface area (Å²) in [5, 5.41) is 9.64. The molecule has 1 aliphatic carbocycles. The average molecular weight is 389 g/mol. The van der Waals surface area contributed by atoms with Crippen LogP contribution in [0.25, 0.3) is 0 Å². The van der Waals surface area contributed by atoms with E-state index in [-0.39, 0.29) is 35.5 Å². The van der Waals surface area contributed by atoms with Crippen molar-refractivity contribution in [2.75, 3.05) is 13.1 Å². The molecule has 0 bridgehead atoms. The van der Waals surface area contributed by atoms with Crippen molar-refractivity contribution in [3.05, 3.63) is 46.3 Å². The minimum atomic E-state index is -0.612. The Labute approximate surface area is 163 Å². The molecule has 3 rings (SSSR count). The monoisotopic (exact) mass is 388 g/mol. The van der Waals surface area contributed by atoms with E-state index in [0.717, 1.165) is 6.42 Å². The van der Waals surface area contributed by atoms with E-state index in [0.29, 0.717) is 30.1 Å². The Balaban J connectivity index is 1.71. The molecule has 0 N–H and O–H groups in total. The second-order valence-electron chi connectivity index (χ2n) is 8.19. The number of nitrogens with zero attached hydrogens (tertiary/aromatic N) is 2. The van der Waals surface area contributed by atoms with E-state index < -0.39 is 11.2 Å². The Kier molecular flexibility index (Phi) is 5.14. The van der Waals surface area contributed by atoms with Crippen molar-refractivity contribution >= 4 is 23.3 Å². The fourth-order valence-electron chi connectivity index (χ4n) is 4.36. The number of hydrogen-bond acceptors (Lipinski definition) is 3. The van der Waals surface area contributed by atoms with Crippen molar-refractivity contribution in [1.29, 1.82) is 5.26 Å². The number of likely N-dealkylation sites (tertiary alicyclic amines) is 1. The van der Waals surface area contributed by atoms with Gasteiger partial charge in [0.25, 0.3) is 0 Å². The van der Waals surface area contributed by atoms with Crippen molar-refractivity contribution in [3.63, 3.8) is 0 Å². The summed E-state index contributed by atoms with van der Waals surface area (Å²) in [5.41, 5.74) is -0.399. The zero-order chi connectivity index (χ0) is 19.8. The van der Waals surface area contributed by atoms with Gasteiger partial charge >= 0.3 is 0 Å². The number of carbonyl (C=O) groups is 2. The van der Waals surface area contributed by atoms with E-state index in [4.69, 9.17) is 11.6 Å². The van der Waals surface area contributed by atoms with E-state index in [2.05, 4.69) is 0 Å².